The van der Waals surface area contributed by atoms with E-state index in [1.807, 2.05) is 91.0 Å². The van der Waals surface area contributed by atoms with Crippen LogP contribution in [0.15, 0.2) is 113 Å². The third kappa shape index (κ3) is 4.40. The minimum Gasteiger partial charge on any atom is -0.351 e. The Labute approximate surface area is 208 Å². The highest BCUT2D eigenvalue weighted by Gasteiger charge is 2.44. The van der Waals surface area contributed by atoms with Gasteiger partial charge in [-0.1, -0.05) is 91.0 Å². The van der Waals surface area contributed by atoms with E-state index in [0.29, 0.717) is 12.8 Å². The van der Waals surface area contributed by atoms with Crippen molar-refractivity contribution in [2.75, 3.05) is 0 Å². The Morgan fingerprint density at radius 2 is 1.39 bits per heavy atom. The molecule has 180 valence electrons. The summed E-state index contributed by atoms with van der Waals surface area (Å²) in [5.41, 5.74) is 0.565. The molecular formula is C29H25N3O4. The second-order valence-electron chi connectivity index (χ2n) is 8.67. The van der Waals surface area contributed by atoms with Crippen LogP contribution < -0.4 is 11.2 Å². The molecule has 0 aliphatic carbocycles. The Morgan fingerprint density at radius 3 is 1.86 bits per heavy atom. The highest BCUT2D eigenvalue weighted by Crippen LogP contribution is 2.43. The number of rotatable bonds is 7. The molecule has 1 fully saturated rings. The lowest BCUT2D eigenvalue weighted by molar-refractivity contribution is -0.107. The number of nitrogens with one attached hydrogen (secondary N) is 1. The fraction of sp³-hybridized carbons (Fsp3) is 0.207. The van der Waals surface area contributed by atoms with Gasteiger partial charge in [0.15, 0.2) is 6.10 Å². The Balaban J connectivity index is 1.56. The van der Waals surface area contributed by atoms with E-state index < -0.39 is 35.3 Å². The summed E-state index contributed by atoms with van der Waals surface area (Å²) in [4.78, 5) is 26.0. The monoisotopic (exact) mass is 479 g/mol. The van der Waals surface area contributed by atoms with Crippen molar-refractivity contribution >= 4 is 0 Å². The highest BCUT2D eigenvalue weighted by atomic mass is 16.6. The van der Waals surface area contributed by atoms with Crippen molar-refractivity contribution in [3.63, 3.8) is 0 Å². The van der Waals surface area contributed by atoms with E-state index in [1.165, 1.54) is 16.8 Å². The number of aromatic nitrogens is 2. The van der Waals surface area contributed by atoms with Crippen LogP contribution in [0.4, 0.5) is 0 Å². The van der Waals surface area contributed by atoms with Crippen LogP contribution in [0.25, 0.3) is 0 Å². The van der Waals surface area contributed by atoms with Crippen LogP contribution in [0.1, 0.15) is 35.8 Å². The molecule has 3 atom stereocenters. The van der Waals surface area contributed by atoms with Gasteiger partial charge in [-0.25, -0.2) is 4.79 Å². The van der Waals surface area contributed by atoms with Gasteiger partial charge in [-0.2, -0.15) is 5.26 Å². The second kappa shape index (κ2) is 10.2. The second-order valence-corrected chi connectivity index (χ2v) is 8.67. The third-order valence-corrected chi connectivity index (χ3v) is 6.50. The van der Waals surface area contributed by atoms with Crippen LogP contribution >= 0.6 is 0 Å². The van der Waals surface area contributed by atoms with Gasteiger partial charge in [-0.15, -0.1) is 0 Å². The number of nitriles is 1. The molecule has 1 N–H and O–H groups in total. The Morgan fingerprint density at radius 1 is 0.861 bits per heavy atom. The molecule has 7 nitrogen and oxygen atoms in total. The summed E-state index contributed by atoms with van der Waals surface area (Å²) in [5.74, 6) is 0. The molecule has 2 heterocycles. The Bertz CT molecular complexity index is 1360. The van der Waals surface area contributed by atoms with Gasteiger partial charge in [0.2, 0.25) is 0 Å². The van der Waals surface area contributed by atoms with E-state index in [0.717, 1.165) is 16.7 Å². The van der Waals surface area contributed by atoms with Crippen molar-refractivity contribution in [3.05, 3.63) is 141 Å². The van der Waals surface area contributed by atoms with E-state index in [2.05, 4.69) is 11.1 Å². The SMILES string of the molecule is N#CC(OC(c1ccccc1)(c1ccccc1)c1ccccc1)[C@@H]1CC[C@H](n2ccc(=O)[nH]c2=O)O1. The van der Waals surface area contributed by atoms with Gasteiger partial charge in [0.25, 0.3) is 5.56 Å². The largest absolute Gasteiger partial charge is 0.351 e. The van der Waals surface area contributed by atoms with Crippen molar-refractivity contribution in [2.45, 2.75) is 36.9 Å². The summed E-state index contributed by atoms with van der Waals surface area (Å²) in [5, 5.41) is 10.3. The van der Waals surface area contributed by atoms with Crippen LogP contribution in [0, 0.1) is 11.3 Å². The minimum atomic E-state index is -1.07. The Hall–Kier alpha value is -4.25. The summed E-state index contributed by atoms with van der Waals surface area (Å²) in [6.07, 6.45) is 0.330. The number of benzene rings is 3. The Kier molecular flexibility index (Phi) is 6.63. The van der Waals surface area contributed by atoms with Crippen LogP contribution in [0.2, 0.25) is 0 Å². The zero-order valence-electron chi connectivity index (χ0n) is 19.5. The molecule has 7 heteroatoms. The molecule has 0 spiro atoms. The van der Waals surface area contributed by atoms with Crippen molar-refractivity contribution < 1.29 is 9.47 Å². The summed E-state index contributed by atoms with van der Waals surface area (Å²) < 4.78 is 14.3. The molecule has 4 aromatic rings. The maximum absolute atomic E-state index is 12.3. The first kappa shape index (κ1) is 23.5. The van der Waals surface area contributed by atoms with Gasteiger partial charge in [-0.3, -0.25) is 14.3 Å². The lowest BCUT2D eigenvalue weighted by atomic mass is 9.79. The summed E-state index contributed by atoms with van der Waals surface area (Å²) in [6.45, 7) is 0. The molecule has 0 amide bonds. The van der Waals surface area contributed by atoms with E-state index in [-0.39, 0.29) is 0 Å². The average Bonchev–Trinajstić information content (AvgIpc) is 3.41. The summed E-state index contributed by atoms with van der Waals surface area (Å²) >= 11 is 0. The molecule has 1 saturated heterocycles. The molecule has 1 aliphatic heterocycles. The number of aromatic amines is 1. The zero-order valence-corrected chi connectivity index (χ0v) is 19.5. The molecule has 5 rings (SSSR count). The standard InChI is InChI=1S/C29H25N3O4/c30-20-25(24-16-17-27(35-24)32-19-18-26(33)31-28(32)34)36-29(21-10-4-1-5-11-21,22-12-6-2-7-13-22)23-14-8-3-9-15-23/h1-15,18-19,24-25,27H,16-17H2,(H,31,33,34)/t24-,25?,27+/m0/s1. The van der Waals surface area contributed by atoms with Gasteiger partial charge in [0, 0.05) is 12.3 Å². The number of nitrogens with zero attached hydrogens (tertiary/aromatic N) is 2. The van der Waals surface area contributed by atoms with Gasteiger partial charge in [-0.05, 0) is 29.5 Å². The van der Waals surface area contributed by atoms with E-state index in [4.69, 9.17) is 9.47 Å². The van der Waals surface area contributed by atoms with Crippen molar-refractivity contribution in [1.29, 1.82) is 5.26 Å². The quantitative estimate of drug-likeness (QED) is 0.402. The molecule has 0 bridgehead atoms. The summed E-state index contributed by atoms with van der Waals surface area (Å²) in [6, 6.07) is 33.1. The first-order chi connectivity index (χ1) is 17.6. The molecule has 36 heavy (non-hydrogen) atoms. The number of hydrogen-bond donors (Lipinski definition) is 1. The molecular weight excluding hydrogens is 454 g/mol. The maximum Gasteiger partial charge on any atom is 0.330 e. The topological polar surface area (TPSA) is 97.1 Å². The van der Waals surface area contributed by atoms with Gasteiger partial charge in [0.05, 0.1) is 12.2 Å². The minimum absolute atomic E-state index is 0.470. The van der Waals surface area contributed by atoms with Crippen LogP contribution in [-0.4, -0.2) is 21.8 Å². The van der Waals surface area contributed by atoms with Crippen LogP contribution in [-0.2, 0) is 15.1 Å². The predicted octanol–water partition coefficient (Wildman–Crippen LogP) is 4.12. The van der Waals surface area contributed by atoms with Gasteiger partial charge >= 0.3 is 5.69 Å². The molecule has 1 aliphatic rings. The number of ether oxygens (including phenoxy) is 2. The smallest absolute Gasteiger partial charge is 0.330 e. The molecule has 1 unspecified atom stereocenters. The normalized spacial score (nSPS) is 18.4. The fourth-order valence-electron chi connectivity index (χ4n) is 4.82. The third-order valence-electron chi connectivity index (χ3n) is 6.50. The van der Waals surface area contributed by atoms with Crippen LogP contribution in [0.3, 0.4) is 0 Å². The van der Waals surface area contributed by atoms with Crippen molar-refractivity contribution in [1.82, 2.24) is 9.55 Å². The van der Waals surface area contributed by atoms with Gasteiger partial charge < -0.3 is 9.47 Å². The molecule has 1 aromatic heterocycles. The fourth-order valence-corrected chi connectivity index (χ4v) is 4.82. The molecule has 3 aromatic carbocycles. The first-order valence-corrected chi connectivity index (χ1v) is 11.8. The first-order valence-electron chi connectivity index (χ1n) is 11.8. The van der Waals surface area contributed by atoms with Gasteiger partial charge in [0.1, 0.15) is 11.8 Å². The number of hydrogen-bond acceptors (Lipinski definition) is 5. The van der Waals surface area contributed by atoms with Crippen LogP contribution in [0.5, 0.6) is 0 Å². The zero-order chi connectivity index (χ0) is 25.0. The highest BCUT2D eigenvalue weighted by molar-refractivity contribution is 5.47. The lowest BCUT2D eigenvalue weighted by Gasteiger charge is -2.38. The van der Waals surface area contributed by atoms with E-state index >= 15 is 0 Å². The molecule has 0 radical (unpaired) electrons. The van der Waals surface area contributed by atoms with Crippen molar-refractivity contribution in [2.24, 2.45) is 0 Å². The van der Waals surface area contributed by atoms with E-state index in [1.54, 1.807) is 0 Å². The number of H-pyrrole nitrogens is 1. The maximum atomic E-state index is 12.3. The lowest BCUT2D eigenvalue weighted by Crippen LogP contribution is -2.41. The van der Waals surface area contributed by atoms with Crippen molar-refractivity contribution in [3.8, 4) is 6.07 Å². The summed E-state index contributed by atoms with van der Waals surface area (Å²) in [7, 11) is 0. The van der Waals surface area contributed by atoms with E-state index in [9.17, 15) is 14.9 Å². The predicted molar refractivity (Wildman–Crippen MR) is 134 cm³/mol. The average molecular weight is 480 g/mol. The molecule has 0 saturated carbocycles.